The molecule has 1 aromatic carbocycles. The Morgan fingerprint density at radius 2 is 1.85 bits per heavy atom. The molecule has 3 aliphatic rings. The van der Waals surface area contributed by atoms with Crippen molar-refractivity contribution in [2.45, 2.75) is 38.0 Å². The van der Waals surface area contributed by atoms with Gasteiger partial charge in [-0.1, -0.05) is 0 Å². The average Bonchev–Trinajstić information content (AvgIpc) is 3.64. The maximum Gasteiger partial charge on any atom is 0.258 e. The second kappa shape index (κ2) is 10.7. The van der Waals surface area contributed by atoms with Crippen molar-refractivity contribution < 1.29 is 35.9 Å². The Morgan fingerprint density at radius 3 is 2.52 bits per heavy atom. The quantitative estimate of drug-likeness (QED) is 0.383. The van der Waals surface area contributed by atoms with Crippen LogP contribution in [0.5, 0.6) is 0 Å². The zero-order chi connectivity index (χ0) is 28.7. The molecule has 1 saturated carbocycles. The summed E-state index contributed by atoms with van der Waals surface area (Å²) in [5, 5.41) is 11.7. The molecule has 3 heterocycles. The molecule has 2 aliphatic heterocycles. The summed E-state index contributed by atoms with van der Waals surface area (Å²) in [6.45, 7) is 0.101. The van der Waals surface area contributed by atoms with Crippen LogP contribution in [-0.2, 0) is 10.0 Å². The number of halogens is 4. The molecule has 2 saturated heterocycles. The van der Waals surface area contributed by atoms with Gasteiger partial charge in [0.05, 0.1) is 29.3 Å². The Kier molecular flexibility index (Phi) is 7.54. The molecular formula is C25H30F4N6O4S. The topological polar surface area (TPSA) is 128 Å². The summed E-state index contributed by atoms with van der Waals surface area (Å²) < 4.78 is 81.1. The number of hydrogen-bond donors (Lipinski definition) is 3. The standard InChI is InChI=1S/C25H30F4N6O4S/c26-22(27)24-4-8-35(15-16(24)14-24)19-13-17(33-40(38,39)12-11-36)1-2-18(19)21(37)31-20-3-7-30-23(32-20)34-9-5-25(28,29)6-10-34/h1-3,7,13,16,22,33,36H,4-6,8-12,14-15H2,(H,30,31,32,37)/t16-,24+/m1/s1. The Labute approximate surface area is 228 Å². The number of benzene rings is 1. The first-order valence-electron chi connectivity index (χ1n) is 13.0. The van der Waals surface area contributed by atoms with E-state index < -0.39 is 46.1 Å². The fraction of sp³-hybridized carbons (Fsp3) is 0.560. The Bertz CT molecular complexity index is 1370. The van der Waals surface area contributed by atoms with Gasteiger partial charge in [0.1, 0.15) is 5.82 Å². The molecular weight excluding hydrogens is 556 g/mol. The van der Waals surface area contributed by atoms with E-state index in [0.717, 1.165) is 0 Å². The Balaban J connectivity index is 1.38. The third-order valence-corrected chi connectivity index (χ3v) is 9.15. The van der Waals surface area contributed by atoms with Crippen molar-refractivity contribution in [3.05, 3.63) is 36.0 Å². The predicted octanol–water partition coefficient (Wildman–Crippen LogP) is 3.18. The minimum atomic E-state index is -3.85. The SMILES string of the molecule is O=C(Nc1ccnc(N2CCC(F)(F)CC2)n1)c1ccc(NS(=O)(=O)CCO)cc1N1CC[C@]2(C(F)F)C[C@@H]2C1. The second-order valence-corrected chi connectivity index (χ2v) is 12.4. The van der Waals surface area contributed by atoms with Crippen LogP contribution in [0.2, 0.25) is 0 Å². The number of piperidine rings is 2. The van der Waals surface area contributed by atoms with Gasteiger partial charge in [-0.3, -0.25) is 9.52 Å². The number of aromatic nitrogens is 2. The summed E-state index contributed by atoms with van der Waals surface area (Å²) in [7, 11) is -3.85. The summed E-state index contributed by atoms with van der Waals surface area (Å²) in [6.07, 6.45) is -1.05. The Hall–Kier alpha value is -3.20. The molecule has 1 aliphatic carbocycles. The lowest BCUT2D eigenvalue weighted by Crippen LogP contribution is -2.40. The monoisotopic (exact) mass is 586 g/mol. The first-order chi connectivity index (χ1) is 18.9. The van der Waals surface area contributed by atoms with Gasteiger partial charge in [-0.2, -0.15) is 4.98 Å². The van der Waals surface area contributed by atoms with E-state index in [4.69, 9.17) is 5.11 Å². The van der Waals surface area contributed by atoms with E-state index in [1.807, 2.05) is 0 Å². The highest BCUT2D eigenvalue weighted by Crippen LogP contribution is 2.61. The third kappa shape index (κ3) is 5.94. The number of anilines is 4. The first kappa shape index (κ1) is 28.3. The number of hydrogen-bond acceptors (Lipinski definition) is 8. The van der Waals surface area contributed by atoms with Gasteiger partial charge in [0.2, 0.25) is 22.4 Å². The van der Waals surface area contributed by atoms with E-state index in [9.17, 15) is 30.8 Å². The van der Waals surface area contributed by atoms with E-state index in [0.29, 0.717) is 12.1 Å². The second-order valence-electron chi connectivity index (χ2n) is 10.5. The van der Waals surface area contributed by atoms with Crippen molar-refractivity contribution in [1.82, 2.24) is 9.97 Å². The minimum absolute atomic E-state index is 0.0679. The largest absolute Gasteiger partial charge is 0.395 e. The third-order valence-electron chi connectivity index (χ3n) is 7.88. The summed E-state index contributed by atoms with van der Waals surface area (Å²) >= 11 is 0. The molecule has 0 radical (unpaired) electrons. The van der Waals surface area contributed by atoms with Crippen LogP contribution in [0.4, 0.5) is 40.7 Å². The van der Waals surface area contributed by atoms with Crippen LogP contribution in [0.3, 0.4) is 0 Å². The average molecular weight is 587 g/mol. The molecule has 0 spiro atoms. The van der Waals surface area contributed by atoms with Gasteiger partial charge in [0, 0.05) is 50.6 Å². The maximum absolute atomic E-state index is 13.6. The molecule has 0 unspecified atom stereocenters. The van der Waals surface area contributed by atoms with E-state index >= 15 is 0 Å². The number of carbonyl (C=O) groups is 1. The van der Waals surface area contributed by atoms with Crippen LogP contribution in [0.1, 0.15) is 36.0 Å². The van der Waals surface area contributed by atoms with Crippen LogP contribution in [0.15, 0.2) is 30.5 Å². The molecule has 15 heteroatoms. The summed E-state index contributed by atoms with van der Waals surface area (Å²) in [5.74, 6) is -3.72. The van der Waals surface area contributed by atoms with E-state index in [1.54, 1.807) is 9.80 Å². The number of carbonyl (C=O) groups excluding carboxylic acids is 1. The molecule has 1 aromatic heterocycles. The van der Waals surface area contributed by atoms with E-state index in [-0.39, 0.29) is 74.4 Å². The fourth-order valence-electron chi connectivity index (χ4n) is 5.44. The van der Waals surface area contributed by atoms with Crippen molar-refractivity contribution in [2.75, 3.05) is 58.4 Å². The number of aliphatic hydroxyl groups is 1. The van der Waals surface area contributed by atoms with Gasteiger partial charge in [-0.25, -0.2) is 31.0 Å². The molecule has 3 N–H and O–H groups in total. The normalized spacial score (nSPS) is 24.0. The zero-order valence-corrected chi connectivity index (χ0v) is 22.3. The number of alkyl halides is 4. The molecule has 3 fully saturated rings. The highest BCUT2D eigenvalue weighted by atomic mass is 32.2. The molecule has 2 atom stereocenters. The van der Waals surface area contributed by atoms with Crippen molar-refractivity contribution in [3.63, 3.8) is 0 Å². The molecule has 1 amide bonds. The van der Waals surface area contributed by atoms with Gasteiger partial charge in [-0.05, 0) is 43.0 Å². The highest BCUT2D eigenvalue weighted by Gasteiger charge is 2.62. The molecule has 40 heavy (non-hydrogen) atoms. The lowest BCUT2D eigenvalue weighted by atomic mass is 9.95. The van der Waals surface area contributed by atoms with E-state index in [2.05, 4.69) is 20.0 Å². The van der Waals surface area contributed by atoms with Crippen molar-refractivity contribution in [2.24, 2.45) is 11.3 Å². The summed E-state index contributed by atoms with van der Waals surface area (Å²) in [6, 6.07) is 5.76. The number of rotatable bonds is 9. The predicted molar refractivity (Wildman–Crippen MR) is 141 cm³/mol. The Morgan fingerprint density at radius 1 is 1.12 bits per heavy atom. The highest BCUT2D eigenvalue weighted by molar-refractivity contribution is 7.92. The van der Waals surface area contributed by atoms with Crippen LogP contribution in [0.25, 0.3) is 0 Å². The first-order valence-corrected chi connectivity index (χ1v) is 14.6. The summed E-state index contributed by atoms with van der Waals surface area (Å²) in [5.41, 5.74) is -0.306. The lowest BCUT2D eigenvalue weighted by molar-refractivity contribution is -0.0222. The van der Waals surface area contributed by atoms with Gasteiger partial charge in [0.15, 0.2) is 0 Å². The number of nitrogens with zero attached hydrogens (tertiary/aromatic N) is 4. The van der Waals surface area contributed by atoms with Crippen LogP contribution >= 0.6 is 0 Å². The number of amides is 1. The van der Waals surface area contributed by atoms with Crippen LogP contribution < -0.4 is 19.8 Å². The summed E-state index contributed by atoms with van der Waals surface area (Å²) in [4.78, 5) is 25.3. The smallest absolute Gasteiger partial charge is 0.258 e. The van der Waals surface area contributed by atoms with E-state index in [1.165, 1.54) is 30.5 Å². The zero-order valence-electron chi connectivity index (χ0n) is 21.5. The van der Waals surface area contributed by atoms with Crippen molar-refractivity contribution in [1.29, 1.82) is 0 Å². The van der Waals surface area contributed by atoms with Crippen molar-refractivity contribution in [3.8, 4) is 0 Å². The van der Waals surface area contributed by atoms with Gasteiger partial charge in [-0.15, -0.1) is 0 Å². The lowest BCUT2D eigenvalue weighted by Gasteiger charge is -2.34. The molecule has 0 bridgehead atoms. The number of nitrogens with one attached hydrogen (secondary N) is 2. The fourth-order valence-corrected chi connectivity index (χ4v) is 6.26. The molecule has 2 aromatic rings. The molecule has 10 nitrogen and oxygen atoms in total. The van der Waals surface area contributed by atoms with Crippen LogP contribution in [0, 0.1) is 11.3 Å². The van der Waals surface area contributed by atoms with Gasteiger partial charge in [0.25, 0.3) is 11.8 Å². The number of aliphatic hydroxyl groups excluding tert-OH is 1. The minimum Gasteiger partial charge on any atom is -0.395 e. The van der Waals surface area contributed by atoms with Gasteiger partial charge < -0.3 is 20.2 Å². The number of sulfonamides is 1. The van der Waals surface area contributed by atoms with Gasteiger partial charge >= 0.3 is 0 Å². The maximum atomic E-state index is 13.6. The molecule has 218 valence electrons. The number of fused-ring (bicyclic) bond motifs is 1. The van der Waals surface area contributed by atoms with Crippen LogP contribution in [-0.4, -0.2) is 80.3 Å². The molecule has 5 rings (SSSR count). The van der Waals surface area contributed by atoms with Crippen molar-refractivity contribution >= 4 is 39.1 Å².